The van der Waals surface area contributed by atoms with Crippen molar-refractivity contribution >= 4 is 39.9 Å². The smallest absolute Gasteiger partial charge is 0.350 e. The van der Waals surface area contributed by atoms with E-state index < -0.39 is 35.3 Å². The Labute approximate surface area is 217 Å². The average molecular weight is 525 g/mol. The van der Waals surface area contributed by atoms with Crippen molar-refractivity contribution in [3.63, 3.8) is 0 Å². The molecule has 1 amide bonds. The number of Topliss-reactive ketones (excluding diaryl/α,β-unsaturated/α-hetero) is 1. The number of aliphatic hydroxyl groups is 1. The summed E-state index contributed by atoms with van der Waals surface area (Å²) < 4.78 is 24.4. The van der Waals surface area contributed by atoms with E-state index in [2.05, 4.69) is 4.98 Å². The number of rotatable bonds is 7. The maximum Gasteiger partial charge on any atom is 0.350 e. The third-order valence-corrected chi connectivity index (χ3v) is 6.72. The summed E-state index contributed by atoms with van der Waals surface area (Å²) in [5.74, 6) is -2.78. The minimum absolute atomic E-state index is 0.0514. The minimum atomic E-state index is -1.10. The van der Waals surface area contributed by atoms with Crippen molar-refractivity contribution in [2.45, 2.75) is 39.8 Å². The summed E-state index contributed by atoms with van der Waals surface area (Å²) in [6.07, 6.45) is -0.0514. The van der Waals surface area contributed by atoms with Crippen molar-refractivity contribution in [3.8, 4) is 5.75 Å². The van der Waals surface area contributed by atoms with Crippen LogP contribution in [0.4, 0.5) is 9.52 Å². The van der Waals surface area contributed by atoms with Gasteiger partial charge in [0.25, 0.3) is 5.78 Å². The Morgan fingerprint density at radius 3 is 2.38 bits per heavy atom. The number of ketones is 1. The predicted molar refractivity (Wildman–Crippen MR) is 136 cm³/mol. The molecule has 10 heteroatoms. The van der Waals surface area contributed by atoms with Gasteiger partial charge >= 0.3 is 11.9 Å². The predicted octanol–water partition coefficient (Wildman–Crippen LogP) is 5.18. The number of carbonyl (C=O) groups is 3. The molecular weight excluding hydrogens is 499 g/mol. The maximum absolute atomic E-state index is 13.7. The lowest BCUT2D eigenvalue weighted by Gasteiger charge is -2.23. The second-order valence-corrected chi connectivity index (χ2v) is 9.52. The number of aliphatic hydroxyl groups excluding tert-OH is 1. The first-order valence-corrected chi connectivity index (χ1v) is 12.4. The number of hydrogen-bond donors (Lipinski definition) is 1. The molecule has 2 heterocycles. The van der Waals surface area contributed by atoms with Crippen molar-refractivity contribution in [1.29, 1.82) is 0 Å². The topological polar surface area (TPSA) is 106 Å². The summed E-state index contributed by atoms with van der Waals surface area (Å²) in [7, 11) is 0. The van der Waals surface area contributed by atoms with Crippen LogP contribution in [0.15, 0.2) is 54.1 Å². The van der Waals surface area contributed by atoms with Gasteiger partial charge in [-0.25, -0.2) is 14.2 Å². The van der Waals surface area contributed by atoms with Crippen molar-refractivity contribution in [3.05, 3.63) is 81.6 Å². The molecule has 8 nitrogen and oxygen atoms in total. The van der Waals surface area contributed by atoms with Crippen LogP contribution in [0, 0.1) is 12.7 Å². The number of thiazole rings is 1. The Kier molecular flexibility index (Phi) is 7.40. The molecule has 4 rings (SSSR count). The highest BCUT2D eigenvalue weighted by atomic mass is 32.1. The average Bonchev–Trinajstić information content (AvgIpc) is 3.36. The van der Waals surface area contributed by atoms with Gasteiger partial charge in [0.15, 0.2) is 5.13 Å². The molecule has 1 N–H and O–H groups in total. The molecule has 0 saturated carbocycles. The van der Waals surface area contributed by atoms with E-state index in [0.717, 1.165) is 16.2 Å². The number of nitrogens with zero attached hydrogens (tertiary/aromatic N) is 2. The van der Waals surface area contributed by atoms with Crippen LogP contribution in [0.5, 0.6) is 5.75 Å². The van der Waals surface area contributed by atoms with Crippen LogP contribution >= 0.6 is 11.3 Å². The highest BCUT2D eigenvalue weighted by molar-refractivity contribution is 7.17. The van der Waals surface area contributed by atoms with Crippen LogP contribution in [0.2, 0.25) is 0 Å². The van der Waals surface area contributed by atoms with Gasteiger partial charge in [0.05, 0.1) is 30.0 Å². The van der Waals surface area contributed by atoms with E-state index in [1.807, 2.05) is 13.8 Å². The first kappa shape index (κ1) is 26.0. The van der Waals surface area contributed by atoms with E-state index in [9.17, 15) is 23.9 Å². The number of benzene rings is 2. The largest absolute Gasteiger partial charge is 0.507 e. The zero-order chi connectivity index (χ0) is 26.9. The van der Waals surface area contributed by atoms with Gasteiger partial charge in [-0.1, -0.05) is 23.5 Å². The normalized spacial score (nSPS) is 16.9. The molecule has 1 saturated heterocycles. The number of esters is 1. The van der Waals surface area contributed by atoms with Gasteiger partial charge < -0.3 is 14.6 Å². The Morgan fingerprint density at radius 1 is 1.14 bits per heavy atom. The van der Waals surface area contributed by atoms with Crippen LogP contribution in [0.3, 0.4) is 0 Å². The molecule has 1 fully saturated rings. The van der Waals surface area contributed by atoms with Gasteiger partial charge in [-0.2, -0.15) is 0 Å². The highest BCUT2D eigenvalue weighted by Gasteiger charge is 2.48. The van der Waals surface area contributed by atoms with Crippen molar-refractivity contribution in [2.75, 3.05) is 11.5 Å². The first-order valence-electron chi connectivity index (χ1n) is 11.6. The molecular formula is C27H25FN2O6S. The highest BCUT2D eigenvalue weighted by Crippen LogP contribution is 2.44. The van der Waals surface area contributed by atoms with Gasteiger partial charge in [0.1, 0.15) is 22.2 Å². The van der Waals surface area contributed by atoms with E-state index in [4.69, 9.17) is 9.47 Å². The van der Waals surface area contributed by atoms with Crippen LogP contribution in [0.1, 0.15) is 53.3 Å². The van der Waals surface area contributed by atoms with E-state index >= 15 is 0 Å². The molecule has 192 valence electrons. The standard InChI is InChI=1S/C27H25FN2O6S/c1-5-35-26(34)24-15(4)29-27(37-24)30-21(16-6-10-18(28)11-7-16)20(23(32)25(30)33)22(31)17-8-12-19(13-9-17)36-14(2)3/h6-14,21,31H,5H2,1-4H3/b22-20+. The number of anilines is 1. The second-order valence-electron chi connectivity index (χ2n) is 8.54. The van der Waals surface area contributed by atoms with Crippen molar-refractivity contribution < 1.29 is 33.4 Å². The summed E-state index contributed by atoms with van der Waals surface area (Å²) in [6, 6.07) is 10.6. The molecule has 0 spiro atoms. The number of aromatic nitrogens is 1. The molecule has 1 aromatic heterocycles. The van der Waals surface area contributed by atoms with E-state index in [1.54, 1.807) is 38.1 Å². The minimum Gasteiger partial charge on any atom is -0.507 e. The summed E-state index contributed by atoms with van der Waals surface area (Å²) in [6.45, 7) is 7.18. The molecule has 0 aliphatic carbocycles. The van der Waals surface area contributed by atoms with Gasteiger partial charge in [0, 0.05) is 5.56 Å². The Hall–Kier alpha value is -4.05. The molecule has 1 aliphatic heterocycles. The van der Waals surface area contributed by atoms with E-state index in [1.165, 1.54) is 24.3 Å². The van der Waals surface area contributed by atoms with Crippen molar-refractivity contribution in [2.24, 2.45) is 0 Å². The molecule has 0 radical (unpaired) electrons. The molecule has 3 aromatic rings. The van der Waals surface area contributed by atoms with Gasteiger partial charge in [-0.05, 0) is 69.7 Å². The fraction of sp³-hybridized carbons (Fsp3) is 0.259. The fourth-order valence-electron chi connectivity index (χ4n) is 3.98. The molecule has 37 heavy (non-hydrogen) atoms. The number of halogens is 1. The van der Waals surface area contributed by atoms with E-state index in [-0.39, 0.29) is 28.3 Å². The zero-order valence-electron chi connectivity index (χ0n) is 20.6. The van der Waals surface area contributed by atoms with Gasteiger partial charge in [-0.3, -0.25) is 14.5 Å². The summed E-state index contributed by atoms with van der Waals surface area (Å²) in [4.78, 5) is 44.6. The van der Waals surface area contributed by atoms with Crippen LogP contribution in [0.25, 0.3) is 5.76 Å². The maximum atomic E-state index is 13.7. The lowest BCUT2D eigenvalue weighted by atomic mass is 9.95. The SMILES string of the molecule is CCOC(=O)c1sc(N2C(=O)C(=O)/C(=C(/O)c3ccc(OC(C)C)cc3)C2c2ccc(F)cc2)nc1C. The molecule has 2 aromatic carbocycles. The molecule has 1 unspecified atom stereocenters. The molecule has 0 bridgehead atoms. The number of ether oxygens (including phenoxy) is 2. The number of carbonyl (C=O) groups excluding carboxylic acids is 3. The van der Waals surface area contributed by atoms with Crippen LogP contribution in [-0.4, -0.2) is 40.5 Å². The zero-order valence-corrected chi connectivity index (χ0v) is 21.5. The van der Waals surface area contributed by atoms with Crippen LogP contribution < -0.4 is 9.64 Å². The Morgan fingerprint density at radius 2 is 1.78 bits per heavy atom. The third kappa shape index (κ3) is 5.10. The number of hydrogen-bond acceptors (Lipinski definition) is 8. The molecule has 1 aliphatic rings. The second kappa shape index (κ2) is 10.5. The fourth-order valence-corrected chi connectivity index (χ4v) is 4.97. The lowest BCUT2D eigenvalue weighted by molar-refractivity contribution is -0.132. The Balaban J connectivity index is 1.85. The lowest BCUT2D eigenvalue weighted by Crippen LogP contribution is -2.29. The van der Waals surface area contributed by atoms with Crippen molar-refractivity contribution in [1.82, 2.24) is 4.98 Å². The summed E-state index contributed by atoms with van der Waals surface area (Å²) in [5, 5.41) is 11.3. The van der Waals surface area contributed by atoms with Crippen LogP contribution in [-0.2, 0) is 14.3 Å². The van der Waals surface area contributed by atoms with Gasteiger partial charge in [0.2, 0.25) is 0 Å². The Bertz CT molecular complexity index is 1380. The third-order valence-electron chi connectivity index (χ3n) is 5.58. The van der Waals surface area contributed by atoms with Gasteiger partial charge in [-0.15, -0.1) is 0 Å². The summed E-state index contributed by atoms with van der Waals surface area (Å²) >= 11 is 0.902. The monoisotopic (exact) mass is 524 g/mol. The summed E-state index contributed by atoms with van der Waals surface area (Å²) in [5.41, 5.74) is 0.829. The quantitative estimate of drug-likeness (QED) is 0.196. The number of aryl methyl sites for hydroxylation is 1. The number of amides is 1. The van der Waals surface area contributed by atoms with E-state index in [0.29, 0.717) is 22.6 Å². The first-order chi connectivity index (χ1) is 17.6. The molecule has 1 atom stereocenters.